The summed E-state index contributed by atoms with van der Waals surface area (Å²) in [6.07, 6.45) is 0. The minimum absolute atomic E-state index is 0.372. The van der Waals surface area contributed by atoms with E-state index in [-0.39, 0.29) is 0 Å². The number of carbonyl (C=O) groups is 1. The van der Waals surface area contributed by atoms with Crippen LogP contribution < -0.4 is 16.8 Å². The van der Waals surface area contributed by atoms with E-state index in [0.29, 0.717) is 27.8 Å². The zero-order chi connectivity index (χ0) is 16.4. The van der Waals surface area contributed by atoms with Crippen molar-refractivity contribution in [2.75, 3.05) is 5.73 Å². The van der Waals surface area contributed by atoms with Crippen LogP contribution in [0.1, 0.15) is 10.4 Å². The van der Waals surface area contributed by atoms with E-state index in [2.05, 4.69) is 10.3 Å². The molecule has 3 rings (SSSR count). The van der Waals surface area contributed by atoms with E-state index < -0.39 is 11.9 Å². The lowest BCUT2D eigenvalue weighted by Gasteiger charge is -2.10. The van der Waals surface area contributed by atoms with Crippen molar-refractivity contribution in [3.05, 3.63) is 60.2 Å². The number of amides is 1. The highest BCUT2D eigenvalue weighted by molar-refractivity contribution is 6.12. The Hall–Kier alpha value is -3.41. The molecule has 6 heteroatoms. The van der Waals surface area contributed by atoms with Crippen LogP contribution >= 0.6 is 0 Å². The van der Waals surface area contributed by atoms with Crippen LogP contribution in [0.3, 0.4) is 0 Å². The number of nitrogens with zero attached hydrogens (tertiary/aromatic N) is 1. The van der Waals surface area contributed by atoms with Gasteiger partial charge < -0.3 is 11.5 Å². The molecule has 6 N–H and O–H groups in total. The minimum Gasteiger partial charge on any atom is -0.399 e. The van der Waals surface area contributed by atoms with E-state index in [1.54, 1.807) is 24.3 Å². The molecule has 0 aliphatic carbocycles. The van der Waals surface area contributed by atoms with Crippen LogP contribution in [0.4, 0.5) is 5.69 Å². The molecule has 0 unspecified atom stereocenters. The first-order valence-corrected chi connectivity index (χ1v) is 6.95. The molecule has 0 atom stereocenters. The highest BCUT2D eigenvalue weighted by Gasteiger charge is 2.14. The molecule has 1 amide bonds. The van der Waals surface area contributed by atoms with Crippen LogP contribution in [-0.2, 0) is 0 Å². The molecule has 0 spiro atoms. The Morgan fingerprint density at radius 3 is 2.52 bits per heavy atom. The highest BCUT2D eigenvalue weighted by Crippen LogP contribution is 2.26. The molecular formula is C17H15N5O. The summed E-state index contributed by atoms with van der Waals surface area (Å²) in [6, 6.07) is 16.4. The van der Waals surface area contributed by atoms with E-state index >= 15 is 0 Å². The van der Waals surface area contributed by atoms with Crippen LogP contribution in [0.15, 0.2) is 54.6 Å². The van der Waals surface area contributed by atoms with Crippen molar-refractivity contribution in [1.29, 1.82) is 5.41 Å². The van der Waals surface area contributed by atoms with Gasteiger partial charge in [0, 0.05) is 16.6 Å². The van der Waals surface area contributed by atoms with E-state index in [1.807, 2.05) is 30.3 Å². The Kier molecular flexibility index (Phi) is 3.64. The number of rotatable bonds is 2. The topological polar surface area (TPSA) is 118 Å². The highest BCUT2D eigenvalue weighted by atomic mass is 16.1. The fourth-order valence-corrected chi connectivity index (χ4v) is 2.38. The molecule has 1 aromatic heterocycles. The molecule has 0 fully saturated rings. The maximum Gasteiger partial charge on any atom is 0.258 e. The number of hydrogen-bond acceptors (Lipinski definition) is 4. The molecule has 23 heavy (non-hydrogen) atoms. The molecule has 1 heterocycles. The fourth-order valence-electron chi connectivity index (χ4n) is 2.38. The standard InChI is InChI=1S/C17H15N5O/c18-11-6-7-14-12(8-11)13(16(23)22-17(19)20)9-15(21-14)10-4-2-1-3-5-10/h1-9H,18H2,(H4,19,20,22,23). The third kappa shape index (κ3) is 2.96. The molecule has 0 saturated heterocycles. The number of anilines is 1. The molecule has 0 bridgehead atoms. The Balaban J connectivity index is 2.24. The van der Waals surface area contributed by atoms with Gasteiger partial charge in [0.15, 0.2) is 5.96 Å². The van der Waals surface area contributed by atoms with Crippen LogP contribution in [0.2, 0.25) is 0 Å². The summed E-state index contributed by atoms with van der Waals surface area (Å²) in [5, 5.41) is 10.2. The van der Waals surface area contributed by atoms with Crippen molar-refractivity contribution in [3.8, 4) is 11.3 Å². The number of aromatic nitrogens is 1. The summed E-state index contributed by atoms with van der Waals surface area (Å²) in [6.45, 7) is 0. The van der Waals surface area contributed by atoms with E-state index in [9.17, 15) is 4.79 Å². The monoisotopic (exact) mass is 305 g/mol. The molecule has 0 aliphatic rings. The molecule has 3 aromatic rings. The predicted molar refractivity (Wildman–Crippen MR) is 91.0 cm³/mol. The van der Waals surface area contributed by atoms with E-state index in [1.165, 1.54) is 0 Å². The third-order valence-corrected chi connectivity index (χ3v) is 3.40. The summed E-state index contributed by atoms with van der Waals surface area (Å²) in [7, 11) is 0. The number of fused-ring (bicyclic) bond motifs is 1. The van der Waals surface area contributed by atoms with Crippen molar-refractivity contribution in [1.82, 2.24) is 10.3 Å². The van der Waals surface area contributed by atoms with E-state index in [0.717, 1.165) is 5.56 Å². The maximum absolute atomic E-state index is 12.4. The summed E-state index contributed by atoms with van der Waals surface area (Å²) < 4.78 is 0. The van der Waals surface area contributed by atoms with Gasteiger partial charge in [-0.15, -0.1) is 0 Å². The SMILES string of the molecule is N=C(N)NC(=O)c1cc(-c2ccccc2)nc2ccc(N)cc12. The third-order valence-electron chi connectivity index (χ3n) is 3.40. The lowest BCUT2D eigenvalue weighted by molar-refractivity contribution is 0.0978. The van der Waals surface area contributed by atoms with E-state index in [4.69, 9.17) is 16.9 Å². The number of nitrogen functional groups attached to an aromatic ring is 1. The van der Waals surface area contributed by atoms with Gasteiger partial charge >= 0.3 is 0 Å². The molecule has 6 nitrogen and oxygen atoms in total. The Morgan fingerprint density at radius 2 is 1.83 bits per heavy atom. The summed E-state index contributed by atoms with van der Waals surface area (Å²) in [5.74, 6) is -0.877. The number of hydrogen-bond donors (Lipinski definition) is 4. The first-order valence-electron chi connectivity index (χ1n) is 6.95. The lowest BCUT2D eigenvalue weighted by Crippen LogP contribution is -2.35. The van der Waals surface area contributed by atoms with Gasteiger partial charge in [0.05, 0.1) is 16.8 Å². The summed E-state index contributed by atoms with van der Waals surface area (Å²) in [5.41, 5.74) is 14.2. The van der Waals surface area contributed by atoms with Crippen molar-refractivity contribution >= 4 is 28.5 Å². The van der Waals surface area contributed by atoms with Crippen LogP contribution in [-0.4, -0.2) is 16.9 Å². The summed E-state index contributed by atoms with van der Waals surface area (Å²) >= 11 is 0. The van der Waals surface area contributed by atoms with Crippen molar-refractivity contribution in [2.24, 2.45) is 5.73 Å². The number of benzene rings is 2. The normalized spacial score (nSPS) is 10.4. The van der Waals surface area contributed by atoms with Gasteiger partial charge in [-0.3, -0.25) is 15.5 Å². The van der Waals surface area contributed by atoms with Gasteiger partial charge in [0.2, 0.25) is 0 Å². The quantitative estimate of drug-likeness (QED) is 0.329. The van der Waals surface area contributed by atoms with Gasteiger partial charge in [-0.05, 0) is 24.3 Å². The van der Waals surface area contributed by atoms with Gasteiger partial charge in [-0.25, -0.2) is 4.98 Å². The fraction of sp³-hybridized carbons (Fsp3) is 0. The average Bonchev–Trinajstić information content (AvgIpc) is 2.54. The second kappa shape index (κ2) is 5.76. The summed E-state index contributed by atoms with van der Waals surface area (Å²) in [4.78, 5) is 17.0. The van der Waals surface area contributed by atoms with Crippen molar-refractivity contribution < 1.29 is 4.79 Å². The zero-order valence-electron chi connectivity index (χ0n) is 12.2. The lowest BCUT2D eigenvalue weighted by atomic mass is 10.0. The van der Waals surface area contributed by atoms with Gasteiger partial charge in [0.25, 0.3) is 5.91 Å². The number of pyridine rings is 1. The number of nitrogens with one attached hydrogen (secondary N) is 2. The second-order valence-corrected chi connectivity index (χ2v) is 5.07. The molecule has 114 valence electrons. The van der Waals surface area contributed by atoms with Gasteiger partial charge in [0.1, 0.15) is 0 Å². The molecular weight excluding hydrogens is 290 g/mol. The molecule has 2 aromatic carbocycles. The Labute approximate surface area is 132 Å². The van der Waals surface area contributed by atoms with Crippen LogP contribution in [0.25, 0.3) is 22.2 Å². The molecule has 0 aliphatic heterocycles. The second-order valence-electron chi connectivity index (χ2n) is 5.07. The number of nitrogens with two attached hydrogens (primary N) is 2. The number of guanidine groups is 1. The number of carbonyl (C=O) groups excluding carboxylic acids is 1. The van der Waals surface area contributed by atoms with Crippen LogP contribution in [0, 0.1) is 5.41 Å². The molecule has 0 radical (unpaired) electrons. The van der Waals surface area contributed by atoms with Crippen LogP contribution in [0.5, 0.6) is 0 Å². The maximum atomic E-state index is 12.4. The van der Waals surface area contributed by atoms with Crippen molar-refractivity contribution in [3.63, 3.8) is 0 Å². The average molecular weight is 305 g/mol. The first-order chi connectivity index (χ1) is 11.0. The zero-order valence-corrected chi connectivity index (χ0v) is 12.2. The Bertz CT molecular complexity index is 906. The molecule has 0 saturated carbocycles. The minimum atomic E-state index is -0.465. The Morgan fingerprint density at radius 1 is 1.09 bits per heavy atom. The first kappa shape index (κ1) is 14.5. The smallest absolute Gasteiger partial charge is 0.258 e. The van der Waals surface area contributed by atoms with Crippen molar-refractivity contribution in [2.45, 2.75) is 0 Å². The van der Waals surface area contributed by atoms with Gasteiger partial charge in [-0.1, -0.05) is 30.3 Å². The van der Waals surface area contributed by atoms with Gasteiger partial charge in [-0.2, -0.15) is 0 Å². The largest absolute Gasteiger partial charge is 0.399 e. The predicted octanol–water partition coefficient (Wildman–Crippen LogP) is 2.11.